The second kappa shape index (κ2) is 6.32. The Morgan fingerprint density at radius 2 is 2.04 bits per heavy atom. The van der Waals surface area contributed by atoms with Gasteiger partial charge in [-0.2, -0.15) is 5.10 Å². The monoisotopic (exact) mass is 355 g/mol. The van der Waals surface area contributed by atoms with E-state index in [-0.39, 0.29) is 29.9 Å². The molecule has 1 saturated heterocycles. The number of H-pyrrole nitrogens is 1. The molecule has 2 aromatic rings. The molecule has 26 heavy (non-hydrogen) atoms. The standard InChI is InChI=1S/C19H21N3O4/c23-19(21-14-4-6-26-18(14)15-3-5-20-22-15)13-10-12(13)11-1-2-16-17(9-11)25-8-7-24-16/h1-3,5,9,12-14,18H,4,6-8,10H2,(H,20,22)(H,21,23)/t12?,13?,14-,18-/m1/s1. The molecule has 1 saturated carbocycles. The first-order valence-electron chi connectivity index (χ1n) is 9.10. The van der Waals surface area contributed by atoms with Crippen molar-refractivity contribution in [2.24, 2.45) is 5.92 Å². The summed E-state index contributed by atoms with van der Waals surface area (Å²) in [6, 6.07) is 7.88. The molecule has 136 valence electrons. The Morgan fingerprint density at radius 1 is 1.15 bits per heavy atom. The molecule has 7 heteroatoms. The summed E-state index contributed by atoms with van der Waals surface area (Å²) < 4.78 is 17.0. The molecule has 0 spiro atoms. The van der Waals surface area contributed by atoms with Gasteiger partial charge in [0.1, 0.15) is 19.3 Å². The molecular formula is C19H21N3O4. The zero-order valence-corrected chi connectivity index (χ0v) is 14.3. The third-order valence-corrected chi connectivity index (χ3v) is 5.37. The number of hydrogen-bond donors (Lipinski definition) is 2. The van der Waals surface area contributed by atoms with Gasteiger partial charge in [0.15, 0.2) is 11.5 Å². The van der Waals surface area contributed by atoms with E-state index in [1.165, 1.54) is 0 Å². The highest BCUT2D eigenvalue weighted by Crippen LogP contribution is 2.49. The van der Waals surface area contributed by atoms with Gasteiger partial charge in [-0.15, -0.1) is 0 Å². The van der Waals surface area contributed by atoms with E-state index in [4.69, 9.17) is 14.2 Å². The minimum atomic E-state index is -0.145. The number of nitrogens with one attached hydrogen (secondary N) is 2. The summed E-state index contributed by atoms with van der Waals surface area (Å²) in [6.07, 6.45) is 3.24. The first-order valence-corrected chi connectivity index (χ1v) is 9.10. The predicted octanol–water partition coefficient (Wildman–Crippen LogP) is 1.93. The van der Waals surface area contributed by atoms with Crippen molar-refractivity contribution in [3.63, 3.8) is 0 Å². The topological polar surface area (TPSA) is 85.5 Å². The van der Waals surface area contributed by atoms with Crippen LogP contribution in [0.3, 0.4) is 0 Å². The fourth-order valence-corrected chi connectivity index (χ4v) is 3.90. The van der Waals surface area contributed by atoms with Crippen LogP contribution in [0.2, 0.25) is 0 Å². The van der Waals surface area contributed by atoms with Gasteiger partial charge in [0, 0.05) is 18.7 Å². The van der Waals surface area contributed by atoms with E-state index in [1.54, 1.807) is 6.20 Å². The van der Waals surface area contributed by atoms with Crippen LogP contribution in [0.1, 0.15) is 36.1 Å². The number of nitrogens with zero attached hydrogens (tertiary/aromatic N) is 1. The van der Waals surface area contributed by atoms with Crippen LogP contribution in [0, 0.1) is 5.92 Å². The SMILES string of the molecule is O=C(N[C@@H]1CCO[C@H]1c1ccn[nH]1)C1CC1c1ccc2c(c1)OCCO2. The van der Waals surface area contributed by atoms with Gasteiger partial charge in [-0.1, -0.05) is 6.07 Å². The Balaban J connectivity index is 1.24. The number of ether oxygens (including phenoxy) is 3. The van der Waals surface area contributed by atoms with Crippen molar-refractivity contribution in [2.45, 2.75) is 30.9 Å². The third-order valence-electron chi connectivity index (χ3n) is 5.37. The molecular weight excluding hydrogens is 334 g/mol. The number of hydrogen-bond acceptors (Lipinski definition) is 5. The van der Waals surface area contributed by atoms with Crippen LogP contribution in [-0.4, -0.2) is 42.0 Å². The first kappa shape index (κ1) is 15.7. The average Bonchev–Trinajstić information content (AvgIpc) is 3.05. The molecule has 2 unspecified atom stereocenters. The Kier molecular flexibility index (Phi) is 3.81. The summed E-state index contributed by atoms with van der Waals surface area (Å²) in [4.78, 5) is 12.7. The zero-order chi connectivity index (χ0) is 17.5. The lowest BCUT2D eigenvalue weighted by Gasteiger charge is -2.19. The maximum absolute atomic E-state index is 12.7. The molecule has 1 aromatic carbocycles. The van der Waals surface area contributed by atoms with Crippen LogP contribution in [0.15, 0.2) is 30.5 Å². The van der Waals surface area contributed by atoms with Gasteiger partial charge in [-0.3, -0.25) is 9.89 Å². The van der Waals surface area contributed by atoms with Crippen molar-refractivity contribution < 1.29 is 19.0 Å². The van der Waals surface area contributed by atoms with Crippen LogP contribution >= 0.6 is 0 Å². The molecule has 1 aromatic heterocycles. The van der Waals surface area contributed by atoms with Gasteiger partial charge in [-0.05, 0) is 42.5 Å². The molecule has 5 rings (SSSR count). The molecule has 1 amide bonds. The van der Waals surface area contributed by atoms with E-state index < -0.39 is 0 Å². The van der Waals surface area contributed by atoms with E-state index in [1.807, 2.05) is 24.3 Å². The van der Waals surface area contributed by atoms with Gasteiger partial charge in [0.05, 0.1) is 11.7 Å². The van der Waals surface area contributed by atoms with E-state index in [0.717, 1.165) is 35.6 Å². The van der Waals surface area contributed by atoms with E-state index in [0.29, 0.717) is 19.8 Å². The Bertz CT molecular complexity index is 807. The molecule has 0 radical (unpaired) electrons. The quantitative estimate of drug-likeness (QED) is 0.875. The van der Waals surface area contributed by atoms with Gasteiger partial charge in [0.2, 0.25) is 5.91 Å². The lowest BCUT2D eigenvalue weighted by atomic mass is 10.1. The van der Waals surface area contributed by atoms with Crippen molar-refractivity contribution in [1.29, 1.82) is 0 Å². The summed E-state index contributed by atoms with van der Waals surface area (Å²) in [6.45, 7) is 1.80. The maximum atomic E-state index is 12.7. The van der Waals surface area contributed by atoms with Crippen LogP contribution in [0.4, 0.5) is 0 Å². The Hall–Kier alpha value is -2.54. The molecule has 2 N–H and O–H groups in total. The number of carbonyl (C=O) groups is 1. The Morgan fingerprint density at radius 3 is 2.88 bits per heavy atom. The van der Waals surface area contributed by atoms with Crippen molar-refractivity contribution >= 4 is 5.91 Å². The number of benzene rings is 1. The van der Waals surface area contributed by atoms with Gasteiger partial charge in [0.25, 0.3) is 0 Å². The fourth-order valence-electron chi connectivity index (χ4n) is 3.90. The number of carbonyl (C=O) groups excluding carboxylic acids is 1. The smallest absolute Gasteiger partial charge is 0.224 e. The van der Waals surface area contributed by atoms with Gasteiger partial charge in [-0.25, -0.2) is 0 Å². The molecule has 2 fully saturated rings. The molecule has 3 aliphatic rings. The van der Waals surface area contributed by atoms with Crippen LogP contribution < -0.4 is 14.8 Å². The number of aromatic amines is 1. The minimum Gasteiger partial charge on any atom is -0.486 e. The summed E-state index contributed by atoms with van der Waals surface area (Å²) >= 11 is 0. The highest BCUT2D eigenvalue weighted by molar-refractivity contribution is 5.83. The maximum Gasteiger partial charge on any atom is 0.224 e. The highest BCUT2D eigenvalue weighted by Gasteiger charge is 2.46. The van der Waals surface area contributed by atoms with E-state index in [2.05, 4.69) is 15.5 Å². The summed E-state index contributed by atoms with van der Waals surface area (Å²) in [7, 11) is 0. The summed E-state index contributed by atoms with van der Waals surface area (Å²) in [5, 5.41) is 10.1. The van der Waals surface area contributed by atoms with Crippen molar-refractivity contribution in [3.8, 4) is 11.5 Å². The van der Waals surface area contributed by atoms with Crippen molar-refractivity contribution in [1.82, 2.24) is 15.5 Å². The molecule has 1 aliphatic carbocycles. The van der Waals surface area contributed by atoms with Crippen LogP contribution in [0.5, 0.6) is 11.5 Å². The predicted molar refractivity (Wildman–Crippen MR) is 92.1 cm³/mol. The zero-order valence-electron chi connectivity index (χ0n) is 14.3. The third kappa shape index (κ3) is 2.82. The lowest BCUT2D eigenvalue weighted by molar-refractivity contribution is -0.123. The second-order valence-corrected chi connectivity index (χ2v) is 7.06. The molecule has 3 heterocycles. The summed E-state index contributed by atoms with van der Waals surface area (Å²) in [5.74, 6) is 1.93. The first-order chi connectivity index (χ1) is 12.8. The van der Waals surface area contributed by atoms with Gasteiger partial charge >= 0.3 is 0 Å². The normalized spacial score (nSPS) is 29.4. The Labute approximate surface area is 151 Å². The van der Waals surface area contributed by atoms with Crippen LogP contribution in [-0.2, 0) is 9.53 Å². The molecule has 7 nitrogen and oxygen atoms in total. The van der Waals surface area contributed by atoms with E-state index >= 15 is 0 Å². The minimum absolute atomic E-state index is 0.00975. The number of rotatable bonds is 4. The molecule has 4 atom stereocenters. The second-order valence-electron chi connectivity index (χ2n) is 7.06. The molecule has 0 bridgehead atoms. The highest BCUT2D eigenvalue weighted by atomic mass is 16.6. The van der Waals surface area contributed by atoms with Crippen LogP contribution in [0.25, 0.3) is 0 Å². The molecule has 2 aliphatic heterocycles. The lowest BCUT2D eigenvalue weighted by Crippen LogP contribution is -2.38. The average molecular weight is 355 g/mol. The van der Waals surface area contributed by atoms with E-state index in [9.17, 15) is 4.79 Å². The van der Waals surface area contributed by atoms with Crippen molar-refractivity contribution in [2.75, 3.05) is 19.8 Å². The number of fused-ring (bicyclic) bond motifs is 1. The summed E-state index contributed by atoms with van der Waals surface area (Å²) in [5.41, 5.74) is 2.05. The number of amides is 1. The fraction of sp³-hybridized carbons (Fsp3) is 0.474. The largest absolute Gasteiger partial charge is 0.486 e. The van der Waals surface area contributed by atoms with Gasteiger partial charge < -0.3 is 19.5 Å². The number of aromatic nitrogens is 2. The van der Waals surface area contributed by atoms with Crippen molar-refractivity contribution in [3.05, 3.63) is 41.7 Å².